The number of nitriles is 1. The number of hydrogen-bond acceptors (Lipinski definition) is 4. The molecule has 0 aromatic carbocycles. The molecule has 0 spiro atoms. The van der Waals surface area contributed by atoms with Gasteiger partial charge < -0.3 is 5.32 Å². The second-order valence-electron chi connectivity index (χ2n) is 3.41. The van der Waals surface area contributed by atoms with E-state index >= 15 is 0 Å². The Bertz CT molecular complexity index is 355. The van der Waals surface area contributed by atoms with Crippen molar-refractivity contribution in [3.63, 3.8) is 0 Å². The van der Waals surface area contributed by atoms with Crippen molar-refractivity contribution in [3.8, 4) is 6.07 Å². The summed E-state index contributed by atoms with van der Waals surface area (Å²) >= 11 is 0. The molecule has 0 saturated carbocycles. The van der Waals surface area contributed by atoms with Gasteiger partial charge in [-0.3, -0.25) is 4.79 Å². The number of carbonyl (C=O) groups excluding carboxylic acids is 1. The summed E-state index contributed by atoms with van der Waals surface area (Å²) in [7, 11) is -2.87. The minimum Gasteiger partial charge on any atom is -0.355 e. The Labute approximate surface area is 83.0 Å². The maximum atomic E-state index is 11.0. The molecule has 1 unspecified atom stereocenters. The molecule has 78 valence electrons. The maximum absolute atomic E-state index is 11.0. The van der Waals surface area contributed by atoms with Crippen LogP contribution in [0, 0.1) is 17.2 Å². The largest absolute Gasteiger partial charge is 0.355 e. The first-order chi connectivity index (χ1) is 6.53. The molecule has 0 aliphatic carbocycles. The topological polar surface area (TPSA) is 87.0 Å². The van der Waals surface area contributed by atoms with Gasteiger partial charge in [0, 0.05) is 6.54 Å². The van der Waals surface area contributed by atoms with E-state index in [0.717, 1.165) is 0 Å². The average molecular weight is 216 g/mol. The van der Waals surface area contributed by atoms with Crippen LogP contribution < -0.4 is 5.32 Å². The minimum atomic E-state index is -2.87. The van der Waals surface area contributed by atoms with E-state index in [1.807, 2.05) is 0 Å². The van der Waals surface area contributed by atoms with Gasteiger partial charge >= 0.3 is 0 Å². The zero-order valence-electron chi connectivity index (χ0n) is 7.69. The maximum Gasteiger partial charge on any atom is 0.234 e. The summed E-state index contributed by atoms with van der Waals surface area (Å²) in [6, 6.07) is 1.73. The lowest BCUT2D eigenvalue weighted by Crippen LogP contribution is -2.29. The lowest BCUT2D eigenvalue weighted by Gasteiger charge is -2.07. The third kappa shape index (κ3) is 3.34. The third-order valence-corrected chi connectivity index (χ3v) is 3.99. The second-order valence-corrected chi connectivity index (χ2v) is 5.64. The summed E-state index contributed by atoms with van der Waals surface area (Å²) in [5, 5.41) is 10.7. The predicted octanol–water partition coefficient (Wildman–Crippen LogP) is -0.549. The van der Waals surface area contributed by atoms with Crippen LogP contribution in [0.2, 0.25) is 0 Å². The highest BCUT2D eigenvalue weighted by Gasteiger charge is 2.27. The minimum absolute atomic E-state index is 0.0163. The van der Waals surface area contributed by atoms with E-state index in [9.17, 15) is 13.2 Å². The van der Waals surface area contributed by atoms with Crippen LogP contribution in [0.1, 0.15) is 12.8 Å². The molecule has 0 radical (unpaired) electrons. The summed E-state index contributed by atoms with van der Waals surface area (Å²) in [4.78, 5) is 10.9. The van der Waals surface area contributed by atoms with Crippen LogP contribution in [0.3, 0.4) is 0 Å². The normalized spacial score (nSPS) is 24.1. The fourth-order valence-electron chi connectivity index (χ4n) is 1.43. The Morgan fingerprint density at radius 1 is 1.57 bits per heavy atom. The van der Waals surface area contributed by atoms with Crippen molar-refractivity contribution in [2.75, 3.05) is 18.1 Å². The van der Waals surface area contributed by atoms with Crippen molar-refractivity contribution in [1.29, 1.82) is 5.26 Å². The number of hydrogen-bond donors (Lipinski definition) is 1. The van der Waals surface area contributed by atoms with Crippen LogP contribution in [-0.2, 0) is 14.6 Å². The van der Waals surface area contributed by atoms with Crippen molar-refractivity contribution >= 4 is 15.7 Å². The van der Waals surface area contributed by atoms with E-state index in [2.05, 4.69) is 5.32 Å². The van der Waals surface area contributed by atoms with Gasteiger partial charge in [0.1, 0.15) is 6.42 Å². The molecule has 1 amide bonds. The van der Waals surface area contributed by atoms with E-state index < -0.39 is 9.84 Å². The first-order valence-corrected chi connectivity index (χ1v) is 6.20. The SMILES string of the molecule is N#CCC(=O)NCC1CCS(=O)(=O)C1. The van der Waals surface area contributed by atoms with Gasteiger partial charge in [-0.25, -0.2) is 8.42 Å². The Morgan fingerprint density at radius 2 is 2.29 bits per heavy atom. The van der Waals surface area contributed by atoms with Crippen LogP contribution in [0.5, 0.6) is 0 Å². The van der Waals surface area contributed by atoms with E-state index in [4.69, 9.17) is 5.26 Å². The van der Waals surface area contributed by atoms with Gasteiger partial charge in [0.05, 0.1) is 17.6 Å². The fourth-order valence-corrected chi connectivity index (χ4v) is 3.29. The molecule has 5 nitrogen and oxygen atoms in total. The number of nitrogens with zero attached hydrogens (tertiary/aromatic N) is 1. The van der Waals surface area contributed by atoms with E-state index in [1.54, 1.807) is 6.07 Å². The summed E-state index contributed by atoms with van der Waals surface area (Å²) in [5.41, 5.74) is 0. The van der Waals surface area contributed by atoms with Gasteiger partial charge in [-0.2, -0.15) is 5.26 Å². The van der Waals surface area contributed by atoms with E-state index in [0.29, 0.717) is 13.0 Å². The summed E-state index contributed by atoms with van der Waals surface area (Å²) in [5.74, 6) is 0.0467. The summed E-state index contributed by atoms with van der Waals surface area (Å²) < 4.78 is 22.1. The number of sulfone groups is 1. The van der Waals surface area contributed by atoms with E-state index in [1.165, 1.54) is 0 Å². The van der Waals surface area contributed by atoms with Gasteiger partial charge in [0.25, 0.3) is 0 Å². The van der Waals surface area contributed by atoms with Crippen molar-refractivity contribution in [1.82, 2.24) is 5.32 Å². The van der Waals surface area contributed by atoms with Crippen LogP contribution in [0.25, 0.3) is 0 Å². The van der Waals surface area contributed by atoms with Crippen LogP contribution in [-0.4, -0.2) is 32.4 Å². The first kappa shape index (κ1) is 11.0. The highest BCUT2D eigenvalue weighted by molar-refractivity contribution is 7.91. The smallest absolute Gasteiger partial charge is 0.234 e. The number of carbonyl (C=O) groups is 1. The van der Waals surface area contributed by atoms with Crippen LogP contribution in [0.15, 0.2) is 0 Å². The Balaban J connectivity index is 2.28. The molecule has 0 bridgehead atoms. The molecule has 1 N–H and O–H groups in total. The number of rotatable bonds is 3. The standard InChI is InChI=1S/C8H12N2O3S/c9-3-1-8(11)10-5-7-2-4-14(12,13)6-7/h7H,1-2,4-6H2,(H,10,11). The molecular weight excluding hydrogens is 204 g/mol. The Kier molecular flexibility index (Phi) is 3.47. The molecule has 1 aliphatic heterocycles. The highest BCUT2D eigenvalue weighted by Crippen LogP contribution is 2.17. The van der Waals surface area contributed by atoms with Gasteiger partial charge in [-0.1, -0.05) is 0 Å². The van der Waals surface area contributed by atoms with Gasteiger partial charge in [0.15, 0.2) is 9.84 Å². The predicted molar refractivity (Wildman–Crippen MR) is 50.0 cm³/mol. The molecule has 0 aromatic rings. The van der Waals surface area contributed by atoms with Crippen LogP contribution >= 0.6 is 0 Å². The fraction of sp³-hybridized carbons (Fsp3) is 0.750. The lowest BCUT2D eigenvalue weighted by molar-refractivity contribution is -0.120. The zero-order valence-corrected chi connectivity index (χ0v) is 8.51. The van der Waals surface area contributed by atoms with Gasteiger partial charge in [-0.15, -0.1) is 0 Å². The van der Waals surface area contributed by atoms with Crippen LogP contribution in [0.4, 0.5) is 0 Å². The second kappa shape index (κ2) is 4.42. The van der Waals surface area contributed by atoms with Crippen molar-refractivity contribution in [2.24, 2.45) is 5.92 Å². The average Bonchev–Trinajstić information content (AvgIpc) is 2.43. The van der Waals surface area contributed by atoms with Gasteiger partial charge in [-0.05, 0) is 12.3 Å². The molecule has 1 saturated heterocycles. The Morgan fingerprint density at radius 3 is 2.79 bits per heavy atom. The van der Waals surface area contributed by atoms with Crippen molar-refractivity contribution in [3.05, 3.63) is 0 Å². The van der Waals surface area contributed by atoms with Crippen molar-refractivity contribution < 1.29 is 13.2 Å². The van der Waals surface area contributed by atoms with Gasteiger partial charge in [0.2, 0.25) is 5.91 Å². The Hall–Kier alpha value is -1.09. The molecule has 1 heterocycles. The highest BCUT2D eigenvalue weighted by atomic mass is 32.2. The zero-order chi connectivity index (χ0) is 10.6. The summed E-state index contributed by atoms with van der Waals surface area (Å²) in [6.45, 7) is 0.361. The molecule has 0 aromatic heterocycles. The van der Waals surface area contributed by atoms with Crippen molar-refractivity contribution in [2.45, 2.75) is 12.8 Å². The molecule has 1 rings (SSSR count). The molecule has 1 atom stereocenters. The first-order valence-electron chi connectivity index (χ1n) is 4.37. The summed E-state index contributed by atoms with van der Waals surface area (Å²) in [6.07, 6.45) is 0.439. The molecule has 14 heavy (non-hydrogen) atoms. The number of amides is 1. The molecule has 6 heteroatoms. The number of nitrogens with one attached hydrogen (secondary N) is 1. The monoisotopic (exact) mass is 216 g/mol. The molecular formula is C8H12N2O3S. The quantitative estimate of drug-likeness (QED) is 0.685. The third-order valence-electron chi connectivity index (χ3n) is 2.15. The lowest BCUT2D eigenvalue weighted by atomic mass is 10.1. The van der Waals surface area contributed by atoms with E-state index in [-0.39, 0.29) is 29.8 Å². The molecule has 1 aliphatic rings. The molecule has 1 fully saturated rings.